The number of aromatic hydroxyl groups is 1. The van der Waals surface area contributed by atoms with E-state index in [1.165, 1.54) is 13.2 Å². The normalized spacial score (nSPS) is 14.8. The van der Waals surface area contributed by atoms with E-state index in [1.807, 2.05) is 0 Å². The number of fused-ring (bicyclic) bond motifs is 1. The van der Waals surface area contributed by atoms with Gasteiger partial charge in [0, 0.05) is 17.7 Å². The molecule has 0 spiro atoms. The quantitative estimate of drug-likeness (QED) is 0.169. The minimum atomic E-state index is -2.39. The van der Waals surface area contributed by atoms with E-state index >= 15 is 0 Å². The van der Waals surface area contributed by atoms with Crippen molar-refractivity contribution >= 4 is 23.2 Å². The Bertz CT molecular complexity index is 1220. The van der Waals surface area contributed by atoms with Crippen LogP contribution in [0.5, 0.6) is 17.2 Å². The van der Waals surface area contributed by atoms with Crippen molar-refractivity contribution in [2.45, 2.75) is 24.4 Å². The summed E-state index contributed by atoms with van der Waals surface area (Å²) in [4.78, 5) is 35.5. The van der Waals surface area contributed by atoms with Crippen LogP contribution in [-0.2, 0) is 9.59 Å². The lowest BCUT2D eigenvalue weighted by Crippen LogP contribution is -2.49. The monoisotopic (exact) mass is 460 g/mol. The van der Waals surface area contributed by atoms with Crippen molar-refractivity contribution in [3.63, 3.8) is 0 Å². The number of carbonyl (C=O) groups is 2. The largest absolute Gasteiger partial charge is 0.507 e. The Morgan fingerprint density at radius 3 is 2.33 bits per heavy atom. The molecule has 11 nitrogen and oxygen atoms in total. The first-order valence-corrected chi connectivity index (χ1v) is 9.52. The highest BCUT2D eigenvalue weighted by Crippen LogP contribution is 2.41. The van der Waals surface area contributed by atoms with Gasteiger partial charge in [-0.2, -0.15) is 0 Å². The molecule has 0 bridgehead atoms. The minimum absolute atomic E-state index is 0.0946. The standard InChI is InChI=1S/C22H20O11/c1-31-20-15(33-22(30)19(29)18(28)17(27)13(26)9-23)8-12(25)16-11(24)7-14(32-21(16)20)10-5-3-2-4-6-10/h2-9,13,17-19,25-29H,1H3/t13-,17+,18-,19-/m0/s1. The third-order valence-corrected chi connectivity index (χ3v) is 4.78. The number of ether oxygens (including phenoxy) is 2. The highest BCUT2D eigenvalue weighted by Gasteiger charge is 2.36. The fourth-order valence-electron chi connectivity index (χ4n) is 3.06. The fraction of sp³-hybridized carbons (Fsp3) is 0.227. The summed E-state index contributed by atoms with van der Waals surface area (Å²) in [5, 5.41) is 48.7. The topological polar surface area (TPSA) is 184 Å². The Morgan fingerprint density at radius 1 is 1.06 bits per heavy atom. The van der Waals surface area contributed by atoms with Gasteiger partial charge in [0.15, 0.2) is 29.2 Å². The molecular weight excluding hydrogens is 440 g/mol. The molecule has 0 fully saturated rings. The Morgan fingerprint density at radius 2 is 1.73 bits per heavy atom. The summed E-state index contributed by atoms with van der Waals surface area (Å²) in [5.41, 5.74) is -0.315. The molecule has 1 heterocycles. The SMILES string of the molecule is COc1c(OC(=O)[C@@H](O)[C@@H](O)[C@H](O)[C@@H](O)C=O)cc(O)c2c(=O)cc(-c3ccccc3)oc12. The minimum Gasteiger partial charge on any atom is -0.507 e. The number of aldehydes is 1. The van der Waals surface area contributed by atoms with E-state index in [0.717, 1.165) is 6.07 Å². The third kappa shape index (κ3) is 4.71. The lowest BCUT2D eigenvalue weighted by Gasteiger charge is -2.23. The molecule has 2 aromatic carbocycles. The predicted molar refractivity (Wildman–Crippen MR) is 112 cm³/mol. The van der Waals surface area contributed by atoms with E-state index < -0.39 is 47.3 Å². The van der Waals surface area contributed by atoms with Crippen LogP contribution < -0.4 is 14.9 Å². The molecule has 11 heteroatoms. The van der Waals surface area contributed by atoms with Crippen LogP contribution in [0.2, 0.25) is 0 Å². The van der Waals surface area contributed by atoms with E-state index in [-0.39, 0.29) is 28.8 Å². The zero-order valence-electron chi connectivity index (χ0n) is 17.1. The Kier molecular flexibility index (Phi) is 7.09. The highest BCUT2D eigenvalue weighted by atomic mass is 16.6. The third-order valence-electron chi connectivity index (χ3n) is 4.78. The Balaban J connectivity index is 2.04. The molecule has 3 rings (SSSR count). The van der Waals surface area contributed by atoms with E-state index in [9.17, 15) is 39.9 Å². The zero-order chi connectivity index (χ0) is 24.3. The molecule has 0 saturated carbocycles. The van der Waals surface area contributed by atoms with Crippen molar-refractivity contribution in [1.29, 1.82) is 0 Å². The van der Waals surface area contributed by atoms with Gasteiger partial charge in [-0.05, 0) is 0 Å². The number of aliphatic hydroxyl groups is 4. The molecule has 174 valence electrons. The molecule has 0 aliphatic heterocycles. The van der Waals surface area contributed by atoms with Gasteiger partial charge >= 0.3 is 5.97 Å². The second kappa shape index (κ2) is 9.79. The summed E-state index contributed by atoms with van der Waals surface area (Å²) in [7, 11) is 1.17. The fourth-order valence-corrected chi connectivity index (χ4v) is 3.06. The smallest absolute Gasteiger partial charge is 0.343 e. The number of benzene rings is 2. The molecule has 4 atom stereocenters. The van der Waals surface area contributed by atoms with Crippen molar-refractivity contribution in [3.05, 3.63) is 52.7 Å². The molecule has 3 aromatic rings. The number of hydrogen-bond donors (Lipinski definition) is 5. The van der Waals surface area contributed by atoms with E-state index in [1.54, 1.807) is 30.3 Å². The summed E-state index contributed by atoms with van der Waals surface area (Å²) in [6.07, 6.45) is -9.00. The van der Waals surface area contributed by atoms with E-state index in [4.69, 9.17) is 13.9 Å². The summed E-state index contributed by atoms with van der Waals surface area (Å²) < 4.78 is 15.9. The van der Waals surface area contributed by atoms with Crippen LogP contribution in [0.1, 0.15) is 0 Å². The summed E-state index contributed by atoms with van der Waals surface area (Å²) in [6, 6.07) is 10.6. The Hall–Kier alpha value is -3.77. The lowest BCUT2D eigenvalue weighted by atomic mass is 10.0. The molecule has 0 aliphatic rings. The van der Waals surface area contributed by atoms with E-state index in [0.29, 0.717) is 5.56 Å². The number of rotatable bonds is 8. The lowest BCUT2D eigenvalue weighted by molar-refractivity contribution is -0.161. The van der Waals surface area contributed by atoms with Gasteiger partial charge in [-0.25, -0.2) is 4.79 Å². The van der Waals surface area contributed by atoms with Gasteiger partial charge in [0.2, 0.25) is 5.75 Å². The van der Waals surface area contributed by atoms with Crippen LogP contribution in [-0.4, -0.2) is 69.3 Å². The van der Waals surface area contributed by atoms with Crippen LogP contribution in [0.25, 0.3) is 22.3 Å². The van der Waals surface area contributed by atoms with Crippen LogP contribution in [0.3, 0.4) is 0 Å². The average molecular weight is 460 g/mol. The number of phenols is 1. The van der Waals surface area contributed by atoms with Crippen LogP contribution in [0.4, 0.5) is 0 Å². The second-order valence-electron chi connectivity index (χ2n) is 6.95. The maximum atomic E-state index is 12.6. The molecule has 0 unspecified atom stereocenters. The van der Waals surface area contributed by atoms with Gasteiger partial charge < -0.3 is 44.2 Å². The summed E-state index contributed by atoms with van der Waals surface area (Å²) >= 11 is 0. The van der Waals surface area contributed by atoms with Crippen LogP contribution >= 0.6 is 0 Å². The van der Waals surface area contributed by atoms with Crippen LogP contribution in [0.15, 0.2) is 51.7 Å². The molecule has 0 aliphatic carbocycles. The van der Waals surface area contributed by atoms with Gasteiger partial charge in [-0.15, -0.1) is 0 Å². The summed E-state index contributed by atoms with van der Waals surface area (Å²) in [6.45, 7) is 0. The highest BCUT2D eigenvalue weighted by molar-refractivity contribution is 5.93. The van der Waals surface area contributed by atoms with E-state index in [2.05, 4.69) is 0 Å². The molecule has 33 heavy (non-hydrogen) atoms. The maximum Gasteiger partial charge on any atom is 0.343 e. The van der Waals surface area contributed by atoms with Crippen molar-refractivity contribution in [2.75, 3.05) is 7.11 Å². The van der Waals surface area contributed by atoms with Gasteiger partial charge in [0.05, 0.1) is 7.11 Å². The Labute approximate surface area is 185 Å². The molecular formula is C22H20O11. The zero-order valence-corrected chi connectivity index (χ0v) is 17.1. The number of methoxy groups -OCH3 is 1. The molecule has 0 saturated heterocycles. The number of phenolic OH excluding ortho intramolecular Hbond substituents is 1. The maximum absolute atomic E-state index is 12.6. The van der Waals surface area contributed by atoms with Crippen molar-refractivity contribution in [2.24, 2.45) is 0 Å². The molecule has 1 aromatic heterocycles. The van der Waals surface area contributed by atoms with Crippen LogP contribution in [0, 0.1) is 0 Å². The second-order valence-corrected chi connectivity index (χ2v) is 6.95. The first-order chi connectivity index (χ1) is 15.7. The van der Waals surface area contributed by atoms with Crippen molar-refractivity contribution < 1.29 is 49.0 Å². The first-order valence-electron chi connectivity index (χ1n) is 9.52. The number of esters is 1. The number of aliphatic hydroxyl groups excluding tert-OH is 4. The van der Waals surface area contributed by atoms with Gasteiger partial charge in [-0.1, -0.05) is 30.3 Å². The van der Waals surface area contributed by atoms with Gasteiger partial charge in [0.25, 0.3) is 0 Å². The van der Waals surface area contributed by atoms with Gasteiger partial charge in [0.1, 0.15) is 35.2 Å². The number of hydrogen-bond acceptors (Lipinski definition) is 11. The first kappa shape index (κ1) is 23.9. The number of carbonyl (C=O) groups excluding carboxylic acids is 2. The van der Waals surface area contributed by atoms with Crippen molar-refractivity contribution in [1.82, 2.24) is 0 Å². The predicted octanol–water partition coefficient (Wildman–Crippen LogP) is -0.278. The van der Waals surface area contributed by atoms with Gasteiger partial charge in [-0.3, -0.25) is 4.79 Å². The molecule has 0 radical (unpaired) electrons. The molecule has 5 N–H and O–H groups in total. The van der Waals surface area contributed by atoms with Crippen molar-refractivity contribution in [3.8, 4) is 28.6 Å². The average Bonchev–Trinajstić information content (AvgIpc) is 2.82. The molecule has 0 amide bonds. The summed E-state index contributed by atoms with van der Waals surface area (Å²) in [5.74, 6) is -2.75.